The standard InChI is InChI=1S/C13H23N3O/c1-11-6-4-9-16(10-11)12(2)13(17)15(3)8-5-7-14/h11-12H,4-6,8-10H2,1-3H3. The highest BCUT2D eigenvalue weighted by molar-refractivity contribution is 5.81. The smallest absolute Gasteiger partial charge is 0.239 e. The summed E-state index contributed by atoms with van der Waals surface area (Å²) in [7, 11) is 1.78. The summed E-state index contributed by atoms with van der Waals surface area (Å²) in [5.41, 5.74) is 0. The molecule has 96 valence electrons. The SMILES string of the molecule is CC1CCCN(C(C)C(=O)N(C)CCC#N)C1. The van der Waals surface area contributed by atoms with E-state index in [0.717, 1.165) is 13.1 Å². The normalized spacial score (nSPS) is 22.8. The van der Waals surface area contributed by atoms with Crippen LogP contribution < -0.4 is 0 Å². The summed E-state index contributed by atoms with van der Waals surface area (Å²) >= 11 is 0. The Morgan fingerprint density at radius 2 is 2.35 bits per heavy atom. The van der Waals surface area contributed by atoms with Crippen LogP contribution in [0.25, 0.3) is 0 Å². The van der Waals surface area contributed by atoms with Crippen LogP contribution in [-0.2, 0) is 4.79 Å². The maximum Gasteiger partial charge on any atom is 0.239 e. The molecule has 1 aliphatic heterocycles. The number of amides is 1. The van der Waals surface area contributed by atoms with Gasteiger partial charge in [-0.3, -0.25) is 9.69 Å². The van der Waals surface area contributed by atoms with Gasteiger partial charge < -0.3 is 4.90 Å². The number of carbonyl (C=O) groups is 1. The van der Waals surface area contributed by atoms with E-state index in [1.807, 2.05) is 6.92 Å². The van der Waals surface area contributed by atoms with Crippen LogP contribution in [-0.4, -0.2) is 48.4 Å². The molecule has 1 saturated heterocycles. The monoisotopic (exact) mass is 237 g/mol. The van der Waals surface area contributed by atoms with Gasteiger partial charge in [0, 0.05) is 20.1 Å². The van der Waals surface area contributed by atoms with Crippen molar-refractivity contribution >= 4 is 5.91 Å². The molecule has 0 N–H and O–H groups in total. The fourth-order valence-electron chi connectivity index (χ4n) is 2.38. The van der Waals surface area contributed by atoms with Crippen molar-refractivity contribution in [3.63, 3.8) is 0 Å². The third kappa shape index (κ3) is 4.01. The zero-order valence-electron chi connectivity index (χ0n) is 11.1. The minimum absolute atomic E-state index is 0.0542. The van der Waals surface area contributed by atoms with Crippen LogP contribution in [0.15, 0.2) is 0 Å². The topological polar surface area (TPSA) is 47.3 Å². The van der Waals surface area contributed by atoms with Gasteiger partial charge >= 0.3 is 0 Å². The third-order valence-corrected chi connectivity index (χ3v) is 3.53. The Morgan fingerprint density at radius 3 is 2.94 bits per heavy atom. The maximum absolute atomic E-state index is 12.1. The van der Waals surface area contributed by atoms with Gasteiger partial charge in [0.05, 0.1) is 18.5 Å². The second kappa shape index (κ2) is 6.61. The first-order valence-corrected chi connectivity index (χ1v) is 6.42. The zero-order chi connectivity index (χ0) is 12.8. The average molecular weight is 237 g/mol. The van der Waals surface area contributed by atoms with Gasteiger partial charge in [-0.2, -0.15) is 5.26 Å². The lowest BCUT2D eigenvalue weighted by Gasteiger charge is -2.36. The molecule has 2 unspecified atom stereocenters. The Kier molecular flexibility index (Phi) is 5.43. The number of nitrogens with zero attached hydrogens (tertiary/aromatic N) is 3. The minimum Gasteiger partial charge on any atom is -0.343 e. The van der Waals surface area contributed by atoms with E-state index in [4.69, 9.17) is 5.26 Å². The molecule has 0 aromatic rings. The van der Waals surface area contributed by atoms with Crippen molar-refractivity contribution < 1.29 is 4.79 Å². The molecule has 4 heteroatoms. The van der Waals surface area contributed by atoms with Gasteiger partial charge in [-0.05, 0) is 32.2 Å². The van der Waals surface area contributed by atoms with E-state index in [9.17, 15) is 4.79 Å². The molecule has 0 bridgehead atoms. The van der Waals surface area contributed by atoms with Gasteiger partial charge in [0.2, 0.25) is 5.91 Å². The van der Waals surface area contributed by atoms with Gasteiger partial charge in [0.15, 0.2) is 0 Å². The molecular formula is C13H23N3O. The van der Waals surface area contributed by atoms with Gasteiger partial charge in [-0.1, -0.05) is 6.92 Å². The predicted octanol–water partition coefficient (Wildman–Crippen LogP) is 1.48. The van der Waals surface area contributed by atoms with Crippen LogP contribution in [0.3, 0.4) is 0 Å². The van der Waals surface area contributed by atoms with E-state index in [1.165, 1.54) is 12.8 Å². The second-order valence-corrected chi connectivity index (χ2v) is 5.09. The number of hydrogen-bond acceptors (Lipinski definition) is 3. The Labute approximate surface area is 104 Å². The molecule has 0 spiro atoms. The number of nitriles is 1. The van der Waals surface area contributed by atoms with E-state index in [1.54, 1.807) is 11.9 Å². The first kappa shape index (κ1) is 14.0. The van der Waals surface area contributed by atoms with E-state index < -0.39 is 0 Å². The molecule has 1 fully saturated rings. The fraction of sp³-hybridized carbons (Fsp3) is 0.846. The quantitative estimate of drug-likeness (QED) is 0.744. The molecule has 1 rings (SSSR count). The van der Waals surface area contributed by atoms with Crippen LogP contribution in [0, 0.1) is 17.2 Å². The summed E-state index contributed by atoms with van der Waals surface area (Å²) in [6.07, 6.45) is 2.85. The first-order chi connectivity index (χ1) is 8.06. The molecule has 4 nitrogen and oxygen atoms in total. The van der Waals surface area contributed by atoms with Crippen molar-refractivity contribution in [1.29, 1.82) is 5.26 Å². The predicted molar refractivity (Wildman–Crippen MR) is 67.3 cm³/mol. The van der Waals surface area contributed by atoms with E-state index in [2.05, 4.69) is 17.9 Å². The lowest BCUT2D eigenvalue weighted by atomic mass is 9.99. The highest BCUT2D eigenvalue weighted by Gasteiger charge is 2.27. The average Bonchev–Trinajstić information content (AvgIpc) is 2.34. The number of rotatable bonds is 4. The highest BCUT2D eigenvalue weighted by atomic mass is 16.2. The third-order valence-electron chi connectivity index (χ3n) is 3.53. The fourth-order valence-corrected chi connectivity index (χ4v) is 2.38. The molecule has 0 aromatic carbocycles. The Hall–Kier alpha value is -1.08. The van der Waals surface area contributed by atoms with E-state index >= 15 is 0 Å². The number of hydrogen-bond donors (Lipinski definition) is 0. The van der Waals surface area contributed by atoms with Gasteiger partial charge in [0.1, 0.15) is 0 Å². The minimum atomic E-state index is -0.0542. The van der Waals surface area contributed by atoms with Crippen LogP contribution in [0.5, 0.6) is 0 Å². The summed E-state index contributed by atoms with van der Waals surface area (Å²) in [6.45, 7) is 6.78. The zero-order valence-corrected chi connectivity index (χ0v) is 11.1. The Morgan fingerprint density at radius 1 is 1.65 bits per heavy atom. The molecular weight excluding hydrogens is 214 g/mol. The number of likely N-dealkylation sites (tertiary alicyclic amines) is 1. The molecule has 0 aromatic heterocycles. The van der Waals surface area contributed by atoms with Crippen LogP contribution in [0.4, 0.5) is 0 Å². The van der Waals surface area contributed by atoms with Crippen molar-refractivity contribution in [3.8, 4) is 6.07 Å². The maximum atomic E-state index is 12.1. The Bertz CT molecular complexity index is 298. The van der Waals surface area contributed by atoms with E-state index in [-0.39, 0.29) is 11.9 Å². The summed E-state index contributed by atoms with van der Waals surface area (Å²) < 4.78 is 0. The molecule has 1 heterocycles. The summed E-state index contributed by atoms with van der Waals surface area (Å²) in [5.74, 6) is 0.817. The number of piperidine rings is 1. The van der Waals surface area contributed by atoms with Crippen molar-refractivity contribution in [2.45, 2.75) is 39.2 Å². The van der Waals surface area contributed by atoms with Gasteiger partial charge in [0.25, 0.3) is 0 Å². The van der Waals surface area contributed by atoms with Crippen LogP contribution in [0.2, 0.25) is 0 Å². The molecule has 0 radical (unpaired) electrons. The molecule has 0 saturated carbocycles. The lowest BCUT2D eigenvalue weighted by molar-refractivity contribution is -0.135. The lowest BCUT2D eigenvalue weighted by Crippen LogP contribution is -2.49. The second-order valence-electron chi connectivity index (χ2n) is 5.09. The molecule has 1 aliphatic rings. The number of likely N-dealkylation sites (N-methyl/N-ethyl adjacent to an activating group) is 1. The van der Waals surface area contributed by atoms with Gasteiger partial charge in [-0.25, -0.2) is 0 Å². The van der Waals surface area contributed by atoms with Crippen molar-refractivity contribution in [1.82, 2.24) is 9.80 Å². The summed E-state index contributed by atoms with van der Waals surface area (Å²) in [4.78, 5) is 16.1. The Balaban J connectivity index is 2.47. The van der Waals surface area contributed by atoms with Crippen molar-refractivity contribution in [2.24, 2.45) is 5.92 Å². The van der Waals surface area contributed by atoms with E-state index in [0.29, 0.717) is 18.9 Å². The van der Waals surface area contributed by atoms with Crippen molar-refractivity contribution in [2.75, 3.05) is 26.7 Å². The van der Waals surface area contributed by atoms with Crippen LogP contribution >= 0.6 is 0 Å². The highest BCUT2D eigenvalue weighted by Crippen LogP contribution is 2.18. The molecule has 2 atom stereocenters. The molecule has 0 aliphatic carbocycles. The first-order valence-electron chi connectivity index (χ1n) is 6.42. The van der Waals surface area contributed by atoms with Crippen molar-refractivity contribution in [3.05, 3.63) is 0 Å². The molecule has 1 amide bonds. The summed E-state index contributed by atoms with van der Waals surface area (Å²) in [6, 6.07) is 2.02. The number of carbonyl (C=O) groups excluding carboxylic acids is 1. The molecule has 17 heavy (non-hydrogen) atoms. The van der Waals surface area contributed by atoms with Gasteiger partial charge in [-0.15, -0.1) is 0 Å². The van der Waals surface area contributed by atoms with Crippen LogP contribution in [0.1, 0.15) is 33.1 Å². The summed E-state index contributed by atoms with van der Waals surface area (Å²) in [5, 5.41) is 8.52. The largest absolute Gasteiger partial charge is 0.343 e.